The van der Waals surface area contributed by atoms with Gasteiger partial charge in [0.2, 0.25) is 0 Å². The van der Waals surface area contributed by atoms with Gasteiger partial charge in [-0.3, -0.25) is 9.11 Å². The van der Waals surface area contributed by atoms with Gasteiger partial charge in [-0.15, -0.1) is 0 Å². The Labute approximate surface area is 147 Å². The van der Waals surface area contributed by atoms with E-state index < -0.39 is 55.3 Å². The third kappa shape index (κ3) is 5.47. The smallest absolute Gasteiger partial charge is 0.270 e. The Morgan fingerprint density at radius 3 is 2.24 bits per heavy atom. The van der Waals surface area contributed by atoms with E-state index >= 15 is 0 Å². The summed E-state index contributed by atoms with van der Waals surface area (Å²) in [5, 5.41) is 8.79. The molecule has 0 amide bonds. The van der Waals surface area contributed by atoms with Crippen LogP contribution in [0.15, 0.2) is 30.3 Å². The maximum Gasteiger partial charge on any atom is 0.270 e. The first-order chi connectivity index (χ1) is 11.5. The van der Waals surface area contributed by atoms with Crippen LogP contribution in [0.5, 0.6) is 0 Å². The molecule has 1 aliphatic carbocycles. The SMILES string of the molecule is CC1C(CS(=O)(=O)O)CC(O)C(OCc2ccccc2)C1S(=O)(=O)O. The average Bonchev–Trinajstić information content (AvgIpc) is 2.47. The van der Waals surface area contributed by atoms with E-state index in [1.54, 1.807) is 24.3 Å². The first-order valence-corrected chi connectivity index (χ1v) is 10.9. The molecule has 0 aliphatic heterocycles. The zero-order chi connectivity index (χ0) is 18.8. The summed E-state index contributed by atoms with van der Waals surface area (Å²) in [7, 11) is -8.96. The highest BCUT2D eigenvalue weighted by atomic mass is 32.2. The fraction of sp³-hybridized carbons (Fsp3) is 0.600. The molecule has 1 fully saturated rings. The normalized spacial score (nSPS) is 31.0. The molecular formula is C15H22O8S2. The monoisotopic (exact) mass is 394 g/mol. The van der Waals surface area contributed by atoms with Gasteiger partial charge in [0.1, 0.15) is 11.4 Å². The van der Waals surface area contributed by atoms with Crippen LogP contribution in [0.4, 0.5) is 0 Å². The van der Waals surface area contributed by atoms with Gasteiger partial charge in [-0.05, 0) is 23.8 Å². The summed E-state index contributed by atoms with van der Waals surface area (Å²) in [6.45, 7) is 1.49. The lowest BCUT2D eigenvalue weighted by Crippen LogP contribution is -2.55. The Balaban J connectivity index is 2.23. The van der Waals surface area contributed by atoms with E-state index in [0.717, 1.165) is 5.56 Å². The van der Waals surface area contributed by atoms with Crippen LogP contribution >= 0.6 is 0 Å². The van der Waals surface area contributed by atoms with Crippen molar-refractivity contribution in [2.24, 2.45) is 11.8 Å². The third-order valence-corrected chi connectivity index (χ3v) is 6.80. The molecule has 0 heterocycles. The Bertz CT molecular complexity index is 775. The summed E-state index contributed by atoms with van der Waals surface area (Å²) in [5.41, 5.74) is 0.761. The lowest BCUT2D eigenvalue weighted by molar-refractivity contribution is -0.0868. The van der Waals surface area contributed by atoms with Gasteiger partial charge in [-0.1, -0.05) is 37.3 Å². The molecular weight excluding hydrogens is 372 g/mol. The fourth-order valence-corrected chi connectivity index (χ4v) is 5.69. The number of aliphatic hydroxyl groups is 1. The number of hydrogen-bond donors (Lipinski definition) is 3. The van der Waals surface area contributed by atoms with Crippen molar-refractivity contribution < 1.29 is 35.8 Å². The van der Waals surface area contributed by atoms with Gasteiger partial charge in [-0.25, -0.2) is 0 Å². The zero-order valence-electron chi connectivity index (χ0n) is 13.6. The molecule has 1 aliphatic rings. The molecule has 2 rings (SSSR count). The number of benzene rings is 1. The minimum absolute atomic E-state index is 0.0320. The number of hydrogen-bond acceptors (Lipinski definition) is 6. The van der Waals surface area contributed by atoms with E-state index in [0.29, 0.717) is 0 Å². The largest absolute Gasteiger partial charge is 0.390 e. The average molecular weight is 394 g/mol. The van der Waals surface area contributed by atoms with Crippen molar-refractivity contribution in [2.75, 3.05) is 5.75 Å². The lowest BCUT2D eigenvalue weighted by atomic mass is 9.78. The highest BCUT2D eigenvalue weighted by molar-refractivity contribution is 7.86. The minimum atomic E-state index is -4.61. The summed E-state index contributed by atoms with van der Waals surface area (Å²) in [5.74, 6) is -2.35. The molecule has 0 bridgehead atoms. The standard InChI is InChI=1S/C15H22O8S2/c1-10-12(9-24(17,18)19)7-13(16)14(15(10)25(20,21)22)23-8-11-5-3-2-4-6-11/h2-6,10,12-16H,7-9H2,1H3,(H,17,18,19)(H,20,21,22). The fourth-order valence-electron chi connectivity index (χ4n) is 3.35. The first kappa shape index (κ1) is 20.3. The van der Waals surface area contributed by atoms with E-state index in [9.17, 15) is 26.5 Å². The zero-order valence-corrected chi connectivity index (χ0v) is 15.2. The second kappa shape index (κ2) is 7.68. The molecule has 0 radical (unpaired) electrons. The van der Waals surface area contributed by atoms with Crippen LogP contribution in [0.3, 0.4) is 0 Å². The number of ether oxygens (including phenoxy) is 1. The molecule has 5 unspecified atom stereocenters. The molecule has 8 nitrogen and oxygen atoms in total. The Hall–Kier alpha value is -1.04. The van der Waals surface area contributed by atoms with Crippen molar-refractivity contribution in [3.05, 3.63) is 35.9 Å². The predicted octanol–water partition coefficient (Wildman–Crippen LogP) is 0.733. The quantitative estimate of drug-likeness (QED) is 0.600. The van der Waals surface area contributed by atoms with Gasteiger partial charge in [0.25, 0.3) is 20.2 Å². The van der Waals surface area contributed by atoms with Crippen molar-refractivity contribution in [1.82, 2.24) is 0 Å². The Kier molecular flexibility index (Phi) is 6.23. The molecule has 10 heteroatoms. The summed E-state index contributed by atoms with van der Waals surface area (Å²) in [6.07, 6.45) is -2.56. The van der Waals surface area contributed by atoms with Crippen LogP contribution in [0.1, 0.15) is 18.9 Å². The Morgan fingerprint density at radius 2 is 1.72 bits per heavy atom. The molecule has 25 heavy (non-hydrogen) atoms. The van der Waals surface area contributed by atoms with Gasteiger partial charge < -0.3 is 9.84 Å². The van der Waals surface area contributed by atoms with Crippen LogP contribution in [0, 0.1) is 11.8 Å². The van der Waals surface area contributed by atoms with Crippen molar-refractivity contribution in [1.29, 1.82) is 0 Å². The van der Waals surface area contributed by atoms with Gasteiger partial charge in [-0.2, -0.15) is 16.8 Å². The number of aliphatic hydroxyl groups excluding tert-OH is 1. The van der Waals surface area contributed by atoms with Crippen LogP contribution < -0.4 is 0 Å². The van der Waals surface area contributed by atoms with Gasteiger partial charge in [0, 0.05) is 0 Å². The van der Waals surface area contributed by atoms with Crippen LogP contribution in [-0.2, 0) is 31.6 Å². The van der Waals surface area contributed by atoms with E-state index in [1.807, 2.05) is 6.07 Å². The first-order valence-electron chi connectivity index (χ1n) is 7.74. The van der Waals surface area contributed by atoms with Crippen molar-refractivity contribution in [3.63, 3.8) is 0 Å². The second-order valence-corrected chi connectivity index (χ2v) is 9.48. The molecule has 1 aromatic rings. The van der Waals surface area contributed by atoms with E-state index in [1.165, 1.54) is 6.92 Å². The van der Waals surface area contributed by atoms with Gasteiger partial charge >= 0.3 is 0 Å². The van der Waals surface area contributed by atoms with Crippen molar-refractivity contribution >= 4 is 20.2 Å². The summed E-state index contributed by atoms with van der Waals surface area (Å²) < 4.78 is 70.1. The molecule has 3 N–H and O–H groups in total. The highest BCUT2D eigenvalue weighted by Gasteiger charge is 2.49. The van der Waals surface area contributed by atoms with E-state index in [2.05, 4.69) is 0 Å². The minimum Gasteiger partial charge on any atom is -0.390 e. The maximum atomic E-state index is 11.8. The van der Waals surface area contributed by atoms with Gasteiger partial charge in [0.15, 0.2) is 0 Å². The molecule has 0 saturated heterocycles. The summed E-state index contributed by atoms with van der Waals surface area (Å²) >= 11 is 0. The summed E-state index contributed by atoms with van der Waals surface area (Å²) in [4.78, 5) is 0. The molecule has 1 saturated carbocycles. The highest BCUT2D eigenvalue weighted by Crippen LogP contribution is 2.37. The van der Waals surface area contributed by atoms with Crippen LogP contribution in [0.2, 0.25) is 0 Å². The molecule has 5 atom stereocenters. The number of rotatable bonds is 6. The van der Waals surface area contributed by atoms with E-state index in [4.69, 9.17) is 9.29 Å². The second-order valence-electron chi connectivity index (χ2n) is 6.41. The van der Waals surface area contributed by atoms with Gasteiger partial charge in [0.05, 0.1) is 18.5 Å². The molecule has 1 aromatic carbocycles. The maximum absolute atomic E-state index is 11.8. The predicted molar refractivity (Wildman–Crippen MR) is 90.0 cm³/mol. The van der Waals surface area contributed by atoms with Crippen molar-refractivity contribution in [3.8, 4) is 0 Å². The molecule has 142 valence electrons. The van der Waals surface area contributed by atoms with Crippen molar-refractivity contribution in [2.45, 2.75) is 37.4 Å². The summed E-state index contributed by atoms with van der Waals surface area (Å²) in [6, 6.07) is 8.90. The lowest BCUT2D eigenvalue weighted by Gasteiger charge is -2.42. The van der Waals surface area contributed by atoms with Crippen LogP contribution in [0.25, 0.3) is 0 Å². The molecule has 0 aromatic heterocycles. The molecule has 0 spiro atoms. The third-order valence-electron chi connectivity index (χ3n) is 4.56. The topological polar surface area (TPSA) is 138 Å². The van der Waals surface area contributed by atoms with E-state index in [-0.39, 0.29) is 13.0 Å². The van der Waals surface area contributed by atoms with Crippen LogP contribution in [-0.4, -0.2) is 54.3 Å². The Morgan fingerprint density at radius 1 is 1.12 bits per heavy atom.